The maximum Gasteiger partial charge on any atom is 0.303 e. The first-order chi connectivity index (χ1) is 20.4. The lowest BCUT2D eigenvalue weighted by Crippen LogP contribution is -2.56. The molecule has 6 atom stereocenters. The van der Waals surface area contributed by atoms with Crippen molar-refractivity contribution < 1.29 is 29.1 Å². The highest BCUT2D eigenvalue weighted by Crippen LogP contribution is 2.21. The largest absolute Gasteiger partial charge is 0.481 e. The Balaban J connectivity index is 1.96. The van der Waals surface area contributed by atoms with Gasteiger partial charge in [0, 0.05) is 43.7 Å². The molecule has 12 nitrogen and oxygen atoms in total. The number of carbonyl (C=O) groups is 5. The third kappa shape index (κ3) is 11.5. The van der Waals surface area contributed by atoms with Crippen molar-refractivity contribution in [1.29, 1.82) is 0 Å². The first kappa shape index (κ1) is 35.5. The topological polar surface area (TPSA) is 183 Å². The van der Waals surface area contributed by atoms with E-state index >= 15 is 0 Å². The first-order valence-electron chi connectivity index (χ1n) is 15.4. The Kier molecular flexibility index (Phi) is 14.4. The van der Waals surface area contributed by atoms with Gasteiger partial charge in [0.05, 0.1) is 6.04 Å². The molecule has 1 aromatic rings. The number of hydrogen-bond donors (Lipinski definition) is 6. The summed E-state index contributed by atoms with van der Waals surface area (Å²) in [6.07, 6.45) is 2.42. The van der Waals surface area contributed by atoms with Gasteiger partial charge in [-0.2, -0.15) is 0 Å². The van der Waals surface area contributed by atoms with E-state index in [9.17, 15) is 24.0 Å². The van der Waals surface area contributed by atoms with Crippen LogP contribution in [-0.2, 0) is 30.5 Å². The van der Waals surface area contributed by atoms with E-state index in [1.165, 1.54) is 0 Å². The van der Waals surface area contributed by atoms with E-state index in [0.717, 1.165) is 5.56 Å². The van der Waals surface area contributed by atoms with E-state index in [0.29, 0.717) is 44.5 Å². The Morgan fingerprint density at radius 1 is 1.00 bits per heavy atom. The third-order valence-corrected chi connectivity index (χ3v) is 8.11. The number of benzene rings is 1. The van der Waals surface area contributed by atoms with Crippen LogP contribution in [0.5, 0.6) is 0 Å². The van der Waals surface area contributed by atoms with E-state index in [2.05, 4.69) is 26.2 Å². The number of carboxylic acid groups (broad SMARTS) is 1. The van der Waals surface area contributed by atoms with Crippen molar-refractivity contribution in [3.05, 3.63) is 29.8 Å². The number of nitrogen functional groups attached to an aromatic ring is 1. The van der Waals surface area contributed by atoms with Gasteiger partial charge in [0.25, 0.3) is 0 Å². The number of nitrogens with one attached hydrogen (secondary N) is 4. The van der Waals surface area contributed by atoms with E-state index in [1.54, 1.807) is 12.1 Å². The van der Waals surface area contributed by atoms with Crippen molar-refractivity contribution in [2.75, 3.05) is 12.3 Å². The van der Waals surface area contributed by atoms with Crippen molar-refractivity contribution >= 4 is 35.3 Å². The second kappa shape index (κ2) is 17.4. The van der Waals surface area contributed by atoms with E-state index in [-0.39, 0.29) is 49.1 Å². The number of hydrogen-bond acceptors (Lipinski definition) is 7. The van der Waals surface area contributed by atoms with Gasteiger partial charge < -0.3 is 32.1 Å². The Morgan fingerprint density at radius 2 is 1.67 bits per heavy atom. The SMILES string of the molecule is CCC[C@H](NC(=O)[C@@H](NC(=O)CCCC(=O)O)[C@@H](C)CC)C(=O)N[C@H]1CC(C)N([C@@H](C)C(=O)NCc2ccc(N)cc2)C1. The fourth-order valence-electron chi connectivity index (χ4n) is 5.29. The van der Waals surface area contributed by atoms with E-state index in [1.807, 2.05) is 46.8 Å². The number of nitrogens with two attached hydrogens (primary N) is 1. The highest BCUT2D eigenvalue weighted by molar-refractivity contribution is 5.92. The minimum atomic E-state index is -0.982. The molecule has 1 unspecified atom stereocenters. The Morgan fingerprint density at radius 3 is 2.28 bits per heavy atom. The van der Waals surface area contributed by atoms with Crippen molar-refractivity contribution in [3.63, 3.8) is 0 Å². The molecule has 0 radical (unpaired) electrons. The average Bonchev–Trinajstić information content (AvgIpc) is 3.33. The standard InChI is InChI=1S/C31H50N6O6/c1-6-9-25(35-31(43)28(19(3)7-2)36-26(38)10-8-11-27(39)40)30(42)34-24-16-20(4)37(18-24)21(5)29(41)33-17-22-12-14-23(32)15-13-22/h12-15,19-21,24-25,28H,6-11,16-18,32H2,1-5H3,(H,33,41)(H,34,42)(H,35,43)(H,36,38)(H,39,40)/t19-,20?,21-,24-,25-,28-/m0/s1. The summed E-state index contributed by atoms with van der Waals surface area (Å²) in [5.41, 5.74) is 7.34. The van der Waals surface area contributed by atoms with Gasteiger partial charge in [-0.3, -0.25) is 28.9 Å². The zero-order chi connectivity index (χ0) is 32.1. The lowest BCUT2D eigenvalue weighted by Gasteiger charge is -2.28. The van der Waals surface area contributed by atoms with Crippen LogP contribution in [0.2, 0.25) is 0 Å². The van der Waals surface area contributed by atoms with Crippen molar-refractivity contribution in [2.45, 2.75) is 116 Å². The highest BCUT2D eigenvalue weighted by atomic mass is 16.4. The second-order valence-corrected chi connectivity index (χ2v) is 11.7. The molecule has 2 rings (SSSR count). The summed E-state index contributed by atoms with van der Waals surface area (Å²) in [5, 5.41) is 20.4. The quantitative estimate of drug-likeness (QED) is 0.146. The minimum Gasteiger partial charge on any atom is -0.481 e. The van der Waals surface area contributed by atoms with Crippen molar-refractivity contribution in [3.8, 4) is 0 Å². The number of rotatable bonds is 17. The summed E-state index contributed by atoms with van der Waals surface area (Å²) in [6.45, 7) is 10.4. The predicted octanol–water partition coefficient (Wildman–Crippen LogP) is 1.92. The molecule has 1 fully saturated rings. The number of anilines is 1. The molecule has 1 heterocycles. The molecule has 0 aliphatic carbocycles. The summed E-state index contributed by atoms with van der Waals surface area (Å²) in [6, 6.07) is 5.18. The summed E-state index contributed by atoms with van der Waals surface area (Å²) in [4.78, 5) is 64.8. The number of nitrogens with zero attached hydrogens (tertiary/aromatic N) is 1. The van der Waals surface area contributed by atoms with Crippen LogP contribution in [0.3, 0.4) is 0 Å². The maximum atomic E-state index is 13.3. The molecule has 0 spiro atoms. The lowest BCUT2D eigenvalue weighted by molar-refractivity contribution is -0.137. The van der Waals surface area contributed by atoms with Gasteiger partial charge in [-0.1, -0.05) is 45.7 Å². The predicted molar refractivity (Wildman–Crippen MR) is 165 cm³/mol. The van der Waals surface area contributed by atoms with Crippen LogP contribution in [0.4, 0.5) is 5.69 Å². The molecule has 7 N–H and O–H groups in total. The molecule has 43 heavy (non-hydrogen) atoms. The number of amides is 4. The molecule has 1 saturated heterocycles. The van der Waals surface area contributed by atoms with Crippen LogP contribution in [0, 0.1) is 5.92 Å². The average molecular weight is 603 g/mol. The Labute approximate surface area is 254 Å². The Hall–Kier alpha value is -3.67. The highest BCUT2D eigenvalue weighted by Gasteiger charge is 2.37. The van der Waals surface area contributed by atoms with Gasteiger partial charge in [-0.15, -0.1) is 0 Å². The van der Waals surface area contributed by atoms with Crippen LogP contribution >= 0.6 is 0 Å². The molecule has 1 aliphatic rings. The van der Waals surface area contributed by atoms with Crippen LogP contribution in [0.25, 0.3) is 0 Å². The zero-order valence-corrected chi connectivity index (χ0v) is 26.2. The zero-order valence-electron chi connectivity index (χ0n) is 26.2. The normalized spacial score (nSPS) is 19.5. The molecule has 1 aliphatic heterocycles. The second-order valence-electron chi connectivity index (χ2n) is 11.7. The molecular weight excluding hydrogens is 552 g/mol. The fraction of sp³-hybridized carbons (Fsp3) is 0.645. The summed E-state index contributed by atoms with van der Waals surface area (Å²) in [5.74, 6) is -2.42. The minimum absolute atomic E-state index is 0.000417. The number of carbonyl (C=O) groups excluding carboxylic acids is 4. The van der Waals surface area contributed by atoms with Gasteiger partial charge in [-0.25, -0.2) is 0 Å². The van der Waals surface area contributed by atoms with Crippen LogP contribution < -0.4 is 27.0 Å². The summed E-state index contributed by atoms with van der Waals surface area (Å²) in [7, 11) is 0. The number of aliphatic carboxylic acids is 1. The van der Waals surface area contributed by atoms with E-state index in [4.69, 9.17) is 10.8 Å². The fourth-order valence-corrected chi connectivity index (χ4v) is 5.29. The monoisotopic (exact) mass is 602 g/mol. The third-order valence-electron chi connectivity index (χ3n) is 8.11. The molecule has 4 amide bonds. The molecule has 12 heteroatoms. The smallest absolute Gasteiger partial charge is 0.303 e. The molecule has 240 valence electrons. The summed E-state index contributed by atoms with van der Waals surface area (Å²) >= 11 is 0. The van der Waals surface area contributed by atoms with Gasteiger partial charge in [-0.05, 0) is 56.7 Å². The molecular formula is C31H50N6O6. The molecule has 0 saturated carbocycles. The number of carboxylic acids is 1. The molecule has 0 aromatic heterocycles. The molecule has 0 bridgehead atoms. The van der Waals surface area contributed by atoms with Gasteiger partial charge in [0.15, 0.2) is 0 Å². The van der Waals surface area contributed by atoms with Crippen LogP contribution in [-0.4, -0.2) is 76.4 Å². The van der Waals surface area contributed by atoms with Crippen LogP contribution in [0.1, 0.15) is 85.1 Å². The van der Waals surface area contributed by atoms with Gasteiger partial charge >= 0.3 is 5.97 Å². The van der Waals surface area contributed by atoms with E-state index < -0.39 is 35.9 Å². The summed E-state index contributed by atoms with van der Waals surface area (Å²) < 4.78 is 0. The van der Waals surface area contributed by atoms with Gasteiger partial charge in [0.1, 0.15) is 12.1 Å². The van der Waals surface area contributed by atoms with Gasteiger partial charge in [0.2, 0.25) is 23.6 Å². The first-order valence-corrected chi connectivity index (χ1v) is 15.4. The van der Waals surface area contributed by atoms with Crippen molar-refractivity contribution in [2.24, 2.45) is 5.92 Å². The van der Waals surface area contributed by atoms with Crippen LogP contribution in [0.15, 0.2) is 24.3 Å². The maximum absolute atomic E-state index is 13.3. The number of likely N-dealkylation sites (tertiary alicyclic amines) is 1. The lowest BCUT2D eigenvalue weighted by atomic mass is 9.97. The Bertz CT molecular complexity index is 1100. The molecule has 1 aromatic carbocycles. The van der Waals surface area contributed by atoms with Crippen molar-refractivity contribution in [1.82, 2.24) is 26.2 Å².